The van der Waals surface area contributed by atoms with Crippen LogP contribution in [0.15, 0.2) is 54.6 Å². The molecule has 0 spiro atoms. The zero-order valence-corrected chi connectivity index (χ0v) is 16.8. The maximum absolute atomic E-state index is 12.5. The van der Waals surface area contributed by atoms with Gasteiger partial charge in [-0.05, 0) is 23.3 Å². The third-order valence-corrected chi connectivity index (χ3v) is 5.71. The number of carbonyl (C=O) groups excluding carboxylic acids is 1. The summed E-state index contributed by atoms with van der Waals surface area (Å²) in [5.74, 6) is 1.26. The first kappa shape index (κ1) is 20.2. The van der Waals surface area contributed by atoms with Gasteiger partial charge >= 0.3 is 0 Å². The molecule has 1 amide bonds. The Morgan fingerprint density at radius 1 is 1.15 bits per heavy atom. The summed E-state index contributed by atoms with van der Waals surface area (Å²) in [6.45, 7) is 4.12. The van der Waals surface area contributed by atoms with Gasteiger partial charge in [-0.1, -0.05) is 54.1 Å². The van der Waals surface area contributed by atoms with Crippen LogP contribution in [0.5, 0.6) is 0 Å². The molecule has 144 valence electrons. The van der Waals surface area contributed by atoms with Crippen molar-refractivity contribution in [2.45, 2.75) is 11.8 Å². The molecule has 0 aromatic heterocycles. The van der Waals surface area contributed by atoms with E-state index in [1.54, 1.807) is 11.8 Å². The second-order valence-corrected chi connectivity index (χ2v) is 7.99. The van der Waals surface area contributed by atoms with Crippen molar-refractivity contribution >= 4 is 29.3 Å². The standard InChI is InChI=1S/C21H25ClN2O2S/c22-19-8-4-5-17(13-19)15-27-16-21(25)23-20(18-6-2-1-3-7-18)14-24-9-11-26-12-10-24/h1-8,13,20H,9-12,14-16H2,(H,23,25). The van der Waals surface area contributed by atoms with Crippen LogP contribution in [0.1, 0.15) is 17.2 Å². The highest BCUT2D eigenvalue weighted by molar-refractivity contribution is 7.99. The summed E-state index contributed by atoms with van der Waals surface area (Å²) < 4.78 is 5.43. The van der Waals surface area contributed by atoms with E-state index in [1.165, 1.54) is 0 Å². The van der Waals surface area contributed by atoms with E-state index in [0.717, 1.165) is 54.8 Å². The maximum atomic E-state index is 12.5. The number of rotatable bonds is 8. The second kappa shape index (κ2) is 10.7. The SMILES string of the molecule is O=C(CSCc1cccc(Cl)c1)NC(CN1CCOCC1)c1ccccc1. The van der Waals surface area contributed by atoms with Crippen LogP contribution in [0.2, 0.25) is 5.02 Å². The van der Waals surface area contributed by atoms with Crippen molar-refractivity contribution in [1.29, 1.82) is 0 Å². The van der Waals surface area contributed by atoms with Crippen molar-refractivity contribution in [2.24, 2.45) is 0 Å². The number of morpholine rings is 1. The van der Waals surface area contributed by atoms with Crippen molar-refractivity contribution in [1.82, 2.24) is 10.2 Å². The first-order valence-electron chi connectivity index (χ1n) is 9.17. The molecule has 4 nitrogen and oxygen atoms in total. The fraction of sp³-hybridized carbons (Fsp3) is 0.381. The van der Waals surface area contributed by atoms with E-state index >= 15 is 0 Å². The molecule has 2 aromatic carbocycles. The molecule has 6 heteroatoms. The number of halogens is 1. The first-order chi connectivity index (χ1) is 13.2. The molecule has 1 N–H and O–H groups in total. The second-order valence-electron chi connectivity index (χ2n) is 6.57. The Hall–Kier alpha value is -1.53. The molecule has 1 atom stereocenters. The van der Waals surface area contributed by atoms with E-state index in [1.807, 2.05) is 42.5 Å². The van der Waals surface area contributed by atoms with Crippen LogP contribution in [0.3, 0.4) is 0 Å². The van der Waals surface area contributed by atoms with E-state index in [4.69, 9.17) is 16.3 Å². The molecule has 0 radical (unpaired) electrons. The molecule has 0 saturated carbocycles. The molecule has 0 aliphatic carbocycles. The zero-order valence-electron chi connectivity index (χ0n) is 15.3. The Labute approximate surface area is 170 Å². The van der Waals surface area contributed by atoms with Crippen LogP contribution in [-0.4, -0.2) is 49.4 Å². The van der Waals surface area contributed by atoms with Gasteiger partial charge in [-0.3, -0.25) is 9.69 Å². The van der Waals surface area contributed by atoms with E-state index < -0.39 is 0 Å². The Morgan fingerprint density at radius 2 is 1.93 bits per heavy atom. The molecular formula is C21H25ClN2O2S. The molecule has 3 rings (SSSR count). The number of nitrogens with one attached hydrogen (secondary N) is 1. The summed E-state index contributed by atoms with van der Waals surface area (Å²) >= 11 is 7.62. The van der Waals surface area contributed by atoms with Gasteiger partial charge in [0.25, 0.3) is 0 Å². The Bertz CT molecular complexity index is 723. The molecule has 27 heavy (non-hydrogen) atoms. The Morgan fingerprint density at radius 3 is 2.67 bits per heavy atom. The number of hydrogen-bond acceptors (Lipinski definition) is 4. The van der Waals surface area contributed by atoms with Gasteiger partial charge in [0.05, 0.1) is 25.0 Å². The van der Waals surface area contributed by atoms with Gasteiger partial charge in [-0.25, -0.2) is 0 Å². The summed E-state index contributed by atoms with van der Waals surface area (Å²) in [6.07, 6.45) is 0. The number of ether oxygens (including phenoxy) is 1. The van der Waals surface area contributed by atoms with Crippen LogP contribution in [-0.2, 0) is 15.3 Å². The van der Waals surface area contributed by atoms with Crippen molar-refractivity contribution < 1.29 is 9.53 Å². The van der Waals surface area contributed by atoms with Gasteiger partial charge in [0.2, 0.25) is 5.91 Å². The average molecular weight is 405 g/mol. The lowest BCUT2D eigenvalue weighted by molar-refractivity contribution is -0.119. The lowest BCUT2D eigenvalue weighted by Gasteiger charge is -2.31. The fourth-order valence-electron chi connectivity index (χ4n) is 3.09. The van der Waals surface area contributed by atoms with Gasteiger partial charge in [0.1, 0.15) is 0 Å². The van der Waals surface area contributed by atoms with Gasteiger partial charge in [-0.15, -0.1) is 11.8 Å². The molecule has 2 aromatic rings. The molecule has 1 saturated heterocycles. The minimum absolute atomic E-state index is 0.0106. The Balaban J connectivity index is 1.53. The summed E-state index contributed by atoms with van der Waals surface area (Å²) in [5.41, 5.74) is 2.27. The van der Waals surface area contributed by atoms with Gasteiger partial charge < -0.3 is 10.1 Å². The fourth-order valence-corrected chi connectivity index (χ4v) is 4.08. The van der Waals surface area contributed by atoms with Gasteiger partial charge in [0.15, 0.2) is 0 Å². The molecule has 0 bridgehead atoms. The lowest BCUT2D eigenvalue weighted by atomic mass is 10.1. The highest BCUT2D eigenvalue weighted by Gasteiger charge is 2.20. The summed E-state index contributed by atoms with van der Waals surface area (Å²) in [4.78, 5) is 14.9. The number of carbonyl (C=O) groups is 1. The zero-order chi connectivity index (χ0) is 18.9. The monoisotopic (exact) mass is 404 g/mol. The summed E-state index contributed by atoms with van der Waals surface area (Å²) in [7, 11) is 0. The predicted octanol–water partition coefficient (Wildman–Crippen LogP) is 3.76. The predicted molar refractivity (Wildman–Crippen MR) is 112 cm³/mol. The normalized spacial score (nSPS) is 16.0. The van der Waals surface area contributed by atoms with Crippen molar-refractivity contribution in [3.05, 3.63) is 70.7 Å². The van der Waals surface area contributed by atoms with Crippen LogP contribution in [0.4, 0.5) is 0 Å². The van der Waals surface area contributed by atoms with Crippen molar-refractivity contribution in [3.8, 4) is 0 Å². The minimum Gasteiger partial charge on any atom is -0.379 e. The van der Waals surface area contributed by atoms with Crippen molar-refractivity contribution in [2.75, 3.05) is 38.6 Å². The van der Waals surface area contributed by atoms with Crippen LogP contribution in [0, 0.1) is 0 Å². The highest BCUT2D eigenvalue weighted by atomic mass is 35.5. The number of hydrogen-bond donors (Lipinski definition) is 1. The van der Waals surface area contributed by atoms with Crippen LogP contribution >= 0.6 is 23.4 Å². The van der Waals surface area contributed by atoms with E-state index in [9.17, 15) is 4.79 Å². The third-order valence-electron chi connectivity index (χ3n) is 4.47. The number of benzene rings is 2. The summed E-state index contributed by atoms with van der Waals surface area (Å²) in [6, 6.07) is 17.9. The minimum atomic E-state index is -0.0106. The number of thioether (sulfide) groups is 1. The molecule has 1 fully saturated rings. The average Bonchev–Trinajstić information content (AvgIpc) is 2.69. The van der Waals surface area contributed by atoms with E-state index in [0.29, 0.717) is 5.75 Å². The van der Waals surface area contributed by atoms with E-state index in [-0.39, 0.29) is 11.9 Å². The molecule has 1 aliphatic heterocycles. The number of amides is 1. The lowest BCUT2D eigenvalue weighted by Crippen LogP contribution is -2.43. The summed E-state index contributed by atoms with van der Waals surface area (Å²) in [5, 5.41) is 3.94. The largest absolute Gasteiger partial charge is 0.379 e. The van der Waals surface area contributed by atoms with Crippen LogP contribution in [0.25, 0.3) is 0 Å². The topological polar surface area (TPSA) is 41.6 Å². The van der Waals surface area contributed by atoms with Crippen molar-refractivity contribution in [3.63, 3.8) is 0 Å². The first-order valence-corrected chi connectivity index (χ1v) is 10.7. The quantitative estimate of drug-likeness (QED) is 0.727. The molecule has 1 aliphatic rings. The van der Waals surface area contributed by atoms with Gasteiger partial charge in [-0.2, -0.15) is 0 Å². The number of nitrogens with zero attached hydrogens (tertiary/aromatic N) is 1. The third kappa shape index (κ3) is 6.85. The van der Waals surface area contributed by atoms with Crippen LogP contribution < -0.4 is 5.32 Å². The molecular weight excluding hydrogens is 380 g/mol. The van der Waals surface area contributed by atoms with E-state index in [2.05, 4.69) is 22.3 Å². The Kier molecular flexibility index (Phi) is 8.02. The highest BCUT2D eigenvalue weighted by Crippen LogP contribution is 2.18. The molecule has 1 unspecified atom stereocenters. The van der Waals surface area contributed by atoms with Gasteiger partial charge in [0, 0.05) is 30.4 Å². The smallest absolute Gasteiger partial charge is 0.230 e. The maximum Gasteiger partial charge on any atom is 0.230 e. The molecule has 1 heterocycles.